The van der Waals surface area contributed by atoms with Gasteiger partial charge < -0.3 is 4.74 Å². The number of nitrogens with zero attached hydrogens (tertiary/aromatic N) is 3. The first kappa shape index (κ1) is 25.0. The van der Waals surface area contributed by atoms with E-state index in [4.69, 9.17) is 22.1 Å². The summed E-state index contributed by atoms with van der Waals surface area (Å²) < 4.78 is 8.15. The first-order valence-corrected chi connectivity index (χ1v) is 13.5. The molecule has 0 N–H and O–H groups in total. The maximum absolute atomic E-state index is 13.5. The van der Waals surface area contributed by atoms with Crippen LogP contribution in [0.2, 0.25) is 0 Å². The van der Waals surface area contributed by atoms with E-state index < -0.39 is 0 Å². The highest BCUT2D eigenvalue weighted by Gasteiger charge is 2.36. The van der Waals surface area contributed by atoms with Gasteiger partial charge in [-0.05, 0) is 61.4 Å². The van der Waals surface area contributed by atoms with Crippen molar-refractivity contribution >= 4 is 40.3 Å². The number of thiocarbonyl (C=S) groups is 1. The Balaban J connectivity index is 1.51. The topological polar surface area (TPSA) is 47.4 Å². The zero-order valence-corrected chi connectivity index (χ0v) is 22.3. The second kappa shape index (κ2) is 11.2. The molecule has 0 spiro atoms. The summed E-state index contributed by atoms with van der Waals surface area (Å²) in [5, 5.41) is 4.89. The number of carbonyl (C=O) groups excluding carboxylic acids is 1. The van der Waals surface area contributed by atoms with Gasteiger partial charge in [0.05, 0.1) is 28.9 Å². The first-order valence-electron chi connectivity index (χ1n) is 12.3. The first-order chi connectivity index (χ1) is 18.0. The largest absolute Gasteiger partial charge is 0.494 e. The number of hydrogen-bond acceptors (Lipinski definition) is 5. The number of aromatic nitrogens is 2. The fourth-order valence-electron chi connectivity index (χ4n) is 4.19. The van der Waals surface area contributed by atoms with Crippen molar-refractivity contribution in [2.45, 2.75) is 26.3 Å². The third kappa shape index (κ3) is 5.38. The number of benzene rings is 3. The van der Waals surface area contributed by atoms with Crippen molar-refractivity contribution in [3.05, 3.63) is 107 Å². The second-order valence-electron chi connectivity index (χ2n) is 8.72. The molecular formula is C30H27N3O2S2. The fraction of sp³-hybridized carbons (Fsp3) is 0.167. The van der Waals surface area contributed by atoms with Gasteiger partial charge in [-0.2, -0.15) is 5.10 Å². The smallest absolute Gasteiger partial charge is 0.266 e. The van der Waals surface area contributed by atoms with Gasteiger partial charge in [0.15, 0.2) is 0 Å². The van der Waals surface area contributed by atoms with Gasteiger partial charge in [-0.25, -0.2) is 4.68 Å². The van der Waals surface area contributed by atoms with Crippen molar-refractivity contribution in [1.82, 2.24) is 14.7 Å². The Bertz CT molecular complexity index is 1430. The van der Waals surface area contributed by atoms with Crippen LogP contribution in [0.5, 0.6) is 5.75 Å². The molecule has 1 fully saturated rings. The Morgan fingerprint density at radius 2 is 1.68 bits per heavy atom. The average Bonchev–Trinajstić information content (AvgIpc) is 3.48. The van der Waals surface area contributed by atoms with E-state index in [9.17, 15) is 4.79 Å². The van der Waals surface area contributed by atoms with Gasteiger partial charge in [0.25, 0.3) is 5.91 Å². The van der Waals surface area contributed by atoms with Crippen molar-refractivity contribution < 1.29 is 9.53 Å². The van der Waals surface area contributed by atoms with E-state index in [2.05, 4.69) is 6.92 Å². The van der Waals surface area contributed by atoms with Crippen LogP contribution in [-0.4, -0.2) is 31.5 Å². The molecule has 0 aliphatic carbocycles. The zero-order chi connectivity index (χ0) is 25.8. The SMILES string of the molecule is CCCOc1ccc(-c2nn(-c3ccccc3)cc2/C=C2\SC(=S)N(C(C)c3ccccc3)C2=O)cc1. The van der Waals surface area contributed by atoms with Crippen molar-refractivity contribution in [2.75, 3.05) is 6.61 Å². The molecule has 7 heteroatoms. The third-order valence-corrected chi connectivity index (χ3v) is 7.47. The summed E-state index contributed by atoms with van der Waals surface area (Å²) >= 11 is 6.97. The molecule has 4 aromatic rings. The Morgan fingerprint density at radius 3 is 2.35 bits per heavy atom. The van der Waals surface area contributed by atoms with E-state index in [0.717, 1.165) is 40.2 Å². The zero-order valence-electron chi connectivity index (χ0n) is 20.7. The Kier molecular flexibility index (Phi) is 7.53. The molecule has 5 rings (SSSR count). The van der Waals surface area contributed by atoms with Crippen LogP contribution in [0.4, 0.5) is 0 Å². The lowest BCUT2D eigenvalue weighted by atomic mass is 10.1. The van der Waals surface area contributed by atoms with Crippen molar-refractivity contribution in [1.29, 1.82) is 0 Å². The number of hydrogen-bond donors (Lipinski definition) is 0. The fourth-order valence-corrected chi connectivity index (χ4v) is 5.60. The van der Waals surface area contributed by atoms with Gasteiger partial charge >= 0.3 is 0 Å². The van der Waals surface area contributed by atoms with E-state index in [0.29, 0.717) is 15.8 Å². The normalized spacial score (nSPS) is 15.4. The molecule has 0 radical (unpaired) electrons. The quantitative estimate of drug-likeness (QED) is 0.179. The average molecular weight is 526 g/mol. The lowest BCUT2D eigenvalue weighted by Crippen LogP contribution is -2.30. The molecule has 1 aliphatic rings. The van der Waals surface area contributed by atoms with E-state index >= 15 is 0 Å². The summed E-state index contributed by atoms with van der Waals surface area (Å²) in [5.41, 5.74) is 4.56. The number of ether oxygens (including phenoxy) is 1. The molecule has 5 nitrogen and oxygen atoms in total. The van der Waals surface area contributed by atoms with Gasteiger partial charge in [0, 0.05) is 17.3 Å². The molecule has 1 aromatic heterocycles. The molecule has 186 valence electrons. The third-order valence-electron chi connectivity index (χ3n) is 6.14. The van der Waals surface area contributed by atoms with Gasteiger partial charge in [-0.3, -0.25) is 9.69 Å². The van der Waals surface area contributed by atoms with Crippen LogP contribution in [0.15, 0.2) is 96.0 Å². The molecule has 1 atom stereocenters. The Labute approximate surface area is 226 Å². The van der Waals surface area contributed by atoms with Crippen LogP contribution in [-0.2, 0) is 4.79 Å². The Hall–Kier alpha value is -3.68. The van der Waals surface area contributed by atoms with Gasteiger partial charge in [0.2, 0.25) is 0 Å². The molecule has 1 unspecified atom stereocenters. The molecule has 0 saturated carbocycles. The monoisotopic (exact) mass is 525 g/mol. The molecular weight excluding hydrogens is 498 g/mol. The number of amides is 1. The van der Waals surface area contributed by atoms with Crippen molar-refractivity contribution in [3.8, 4) is 22.7 Å². The lowest BCUT2D eigenvalue weighted by molar-refractivity contribution is -0.123. The standard InChI is InChI=1S/C30H27N3O2S2/c1-3-18-35-26-16-14-23(15-17-26)28-24(20-32(31-28)25-12-8-5-9-13-25)19-27-29(34)33(30(36)37-27)21(2)22-10-6-4-7-11-22/h4-17,19-21H,3,18H2,1-2H3/b27-19-. The second-order valence-corrected chi connectivity index (χ2v) is 10.4. The number of para-hydroxylation sites is 1. The van der Waals surface area contributed by atoms with E-state index in [1.807, 2.05) is 109 Å². The minimum Gasteiger partial charge on any atom is -0.494 e. The van der Waals surface area contributed by atoms with Gasteiger partial charge in [0.1, 0.15) is 10.1 Å². The summed E-state index contributed by atoms with van der Waals surface area (Å²) in [6.45, 7) is 4.76. The highest BCUT2D eigenvalue weighted by Crippen LogP contribution is 2.39. The van der Waals surface area contributed by atoms with Crippen LogP contribution in [0.25, 0.3) is 23.0 Å². The van der Waals surface area contributed by atoms with Crippen LogP contribution < -0.4 is 4.74 Å². The molecule has 3 aromatic carbocycles. The number of carbonyl (C=O) groups is 1. The van der Waals surface area contributed by atoms with Crippen LogP contribution >= 0.6 is 24.0 Å². The maximum atomic E-state index is 13.5. The minimum atomic E-state index is -0.151. The predicted molar refractivity (Wildman–Crippen MR) is 155 cm³/mol. The van der Waals surface area contributed by atoms with Crippen LogP contribution in [0.3, 0.4) is 0 Å². The van der Waals surface area contributed by atoms with E-state index in [1.165, 1.54) is 11.8 Å². The molecule has 1 saturated heterocycles. The lowest BCUT2D eigenvalue weighted by Gasteiger charge is -2.23. The summed E-state index contributed by atoms with van der Waals surface area (Å²) in [6, 6.07) is 27.7. The van der Waals surface area contributed by atoms with Crippen molar-refractivity contribution in [3.63, 3.8) is 0 Å². The molecule has 1 aliphatic heterocycles. The molecule has 2 heterocycles. The van der Waals surface area contributed by atoms with E-state index in [-0.39, 0.29) is 11.9 Å². The minimum absolute atomic E-state index is 0.0897. The number of rotatable bonds is 8. The molecule has 37 heavy (non-hydrogen) atoms. The van der Waals surface area contributed by atoms with Crippen molar-refractivity contribution in [2.24, 2.45) is 0 Å². The summed E-state index contributed by atoms with van der Waals surface area (Å²) in [7, 11) is 0. The predicted octanol–water partition coefficient (Wildman–Crippen LogP) is 7.29. The number of thioether (sulfide) groups is 1. The van der Waals surface area contributed by atoms with Crippen LogP contribution in [0, 0.1) is 0 Å². The van der Waals surface area contributed by atoms with E-state index in [1.54, 1.807) is 4.90 Å². The van der Waals surface area contributed by atoms with Gasteiger partial charge in [-0.1, -0.05) is 79.4 Å². The summed E-state index contributed by atoms with van der Waals surface area (Å²) in [4.78, 5) is 15.8. The highest BCUT2D eigenvalue weighted by atomic mass is 32.2. The molecule has 1 amide bonds. The van der Waals surface area contributed by atoms with Gasteiger partial charge in [-0.15, -0.1) is 0 Å². The maximum Gasteiger partial charge on any atom is 0.266 e. The highest BCUT2D eigenvalue weighted by molar-refractivity contribution is 8.26. The summed E-state index contributed by atoms with van der Waals surface area (Å²) in [6.07, 6.45) is 4.81. The van der Waals surface area contributed by atoms with Crippen LogP contribution in [0.1, 0.15) is 37.4 Å². The summed E-state index contributed by atoms with van der Waals surface area (Å²) in [5.74, 6) is 0.735. The Morgan fingerprint density at radius 1 is 1.00 bits per heavy atom. The molecule has 0 bridgehead atoms.